The van der Waals surface area contributed by atoms with Crippen molar-refractivity contribution in [1.82, 2.24) is 0 Å². The molecule has 0 bridgehead atoms. The molecule has 0 heterocycles. The molecular formula is C14H21NO3S. The highest BCUT2D eigenvalue weighted by Gasteiger charge is 2.02. The molecule has 1 rings (SSSR count). The summed E-state index contributed by atoms with van der Waals surface area (Å²) < 4.78 is 16.3. The fraction of sp³-hybridized carbons (Fsp3) is 0.500. The third kappa shape index (κ3) is 6.52. The third-order valence-electron chi connectivity index (χ3n) is 2.45. The first-order chi connectivity index (χ1) is 9.13. The summed E-state index contributed by atoms with van der Waals surface area (Å²) in [5, 5.41) is 0. The van der Waals surface area contributed by atoms with Gasteiger partial charge in [0.1, 0.15) is 17.3 Å². The fourth-order valence-corrected chi connectivity index (χ4v) is 1.59. The number of thiocarbonyl (C=S) groups is 1. The van der Waals surface area contributed by atoms with Crippen LogP contribution in [0.5, 0.6) is 5.75 Å². The van der Waals surface area contributed by atoms with Crippen molar-refractivity contribution >= 4 is 17.2 Å². The van der Waals surface area contributed by atoms with Crippen LogP contribution in [0.25, 0.3) is 0 Å². The summed E-state index contributed by atoms with van der Waals surface area (Å²) in [6.45, 7) is 6.30. The van der Waals surface area contributed by atoms with Gasteiger partial charge in [-0.15, -0.1) is 0 Å². The van der Waals surface area contributed by atoms with Crippen molar-refractivity contribution in [2.24, 2.45) is 5.73 Å². The largest absolute Gasteiger partial charge is 0.491 e. The van der Waals surface area contributed by atoms with E-state index < -0.39 is 0 Å². The zero-order valence-corrected chi connectivity index (χ0v) is 12.2. The van der Waals surface area contributed by atoms with Crippen LogP contribution in [0.2, 0.25) is 0 Å². The lowest BCUT2D eigenvalue weighted by atomic mass is 10.2. The van der Waals surface area contributed by atoms with Crippen LogP contribution in [0.15, 0.2) is 24.3 Å². The monoisotopic (exact) mass is 283 g/mol. The van der Waals surface area contributed by atoms with Gasteiger partial charge in [0, 0.05) is 12.2 Å². The molecule has 0 spiro atoms. The summed E-state index contributed by atoms with van der Waals surface area (Å²) in [4.78, 5) is 0.389. The smallest absolute Gasteiger partial charge is 0.119 e. The average molecular weight is 283 g/mol. The van der Waals surface area contributed by atoms with Crippen molar-refractivity contribution in [3.05, 3.63) is 29.8 Å². The van der Waals surface area contributed by atoms with Gasteiger partial charge in [-0.05, 0) is 38.1 Å². The summed E-state index contributed by atoms with van der Waals surface area (Å²) in [7, 11) is 0. The highest BCUT2D eigenvalue weighted by Crippen LogP contribution is 2.12. The lowest BCUT2D eigenvalue weighted by Gasteiger charge is -2.13. The SMILES string of the molecule is CCOCC(C)OCCOc1ccc(C(N)=S)cc1. The molecule has 5 heteroatoms. The molecule has 0 saturated heterocycles. The van der Waals surface area contributed by atoms with E-state index in [1.807, 2.05) is 38.1 Å². The first-order valence-corrected chi connectivity index (χ1v) is 6.76. The van der Waals surface area contributed by atoms with Gasteiger partial charge in [0.2, 0.25) is 0 Å². The van der Waals surface area contributed by atoms with E-state index in [9.17, 15) is 0 Å². The second kappa shape index (κ2) is 8.85. The minimum atomic E-state index is 0.0838. The molecule has 4 nitrogen and oxygen atoms in total. The Morgan fingerprint density at radius 1 is 1.26 bits per heavy atom. The summed E-state index contributed by atoms with van der Waals surface area (Å²) in [6, 6.07) is 7.38. The lowest BCUT2D eigenvalue weighted by Crippen LogP contribution is -2.19. The van der Waals surface area contributed by atoms with Crippen LogP contribution in [-0.4, -0.2) is 37.5 Å². The quantitative estimate of drug-likeness (QED) is 0.556. The molecule has 1 aromatic rings. The number of hydrogen-bond donors (Lipinski definition) is 1. The molecule has 0 radical (unpaired) electrons. The lowest BCUT2D eigenvalue weighted by molar-refractivity contribution is -0.0128. The number of nitrogens with two attached hydrogens (primary N) is 1. The highest BCUT2D eigenvalue weighted by molar-refractivity contribution is 7.80. The van der Waals surface area contributed by atoms with Crippen molar-refractivity contribution in [3.63, 3.8) is 0 Å². The molecule has 0 saturated carbocycles. The Morgan fingerprint density at radius 2 is 1.95 bits per heavy atom. The first kappa shape index (κ1) is 15.9. The summed E-state index contributed by atoms with van der Waals surface area (Å²) in [5.74, 6) is 0.779. The molecule has 0 aromatic heterocycles. The minimum Gasteiger partial charge on any atom is -0.491 e. The zero-order valence-electron chi connectivity index (χ0n) is 11.4. The number of ether oxygens (including phenoxy) is 3. The van der Waals surface area contributed by atoms with Crippen molar-refractivity contribution in [3.8, 4) is 5.75 Å². The zero-order chi connectivity index (χ0) is 14.1. The van der Waals surface area contributed by atoms with Crippen molar-refractivity contribution in [2.75, 3.05) is 26.4 Å². The Bertz CT molecular complexity index is 381. The molecule has 1 aromatic carbocycles. The number of benzene rings is 1. The molecule has 19 heavy (non-hydrogen) atoms. The molecule has 0 aliphatic carbocycles. The Kier molecular flexibility index (Phi) is 7.40. The molecule has 0 fully saturated rings. The predicted octanol–water partition coefficient (Wildman–Crippen LogP) is 2.14. The maximum absolute atomic E-state index is 5.55. The highest BCUT2D eigenvalue weighted by atomic mass is 32.1. The maximum Gasteiger partial charge on any atom is 0.119 e. The standard InChI is InChI=1S/C14H21NO3S/c1-3-16-10-11(2)17-8-9-18-13-6-4-12(5-7-13)14(15)19/h4-7,11H,3,8-10H2,1-2H3,(H2,15,19). The van der Waals surface area contributed by atoms with Crippen LogP contribution in [0.4, 0.5) is 0 Å². The topological polar surface area (TPSA) is 53.7 Å². The van der Waals surface area contributed by atoms with Gasteiger partial charge < -0.3 is 19.9 Å². The van der Waals surface area contributed by atoms with Crippen LogP contribution < -0.4 is 10.5 Å². The van der Waals surface area contributed by atoms with Crippen LogP contribution in [0.3, 0.4) is 0 Å². The van der Waals surface area contributed by atoms with Gasteiger partial charge in [0.25, 0.3) is 0 Å². The molecule has 0 aliphatic rings. The van der Waals surface area contributed by atoms with Crippen molar-refractivity contribution in [2.45, 2.75) is 20.0 Å². The summed E-state index contributed by atoms with van der Waals surface area (Å²) >= 11 is 4.88. The van der Waals surface area contributed by atoms with Gasteiger partial charge in [0.15, 0.2) is 0 Å². The van der Waals surface area contributed by atoms with Gasteiger partial charge in [-0.1, -0.05) is 12.2 Å². The predicted molar refractivity (Wildman–Crippen MR) is 79.7 cm³/mol. The molecular weight excluding hydrogens is 262 g/mol. The normalized spacial score (nSPS) is 12.1. The Labute approximate surface area is 119 Å². The first-order valence-electron chi connectivity index (χ1n) is 6.35. The summed E-state index contributed by atoms with van der Waals surface area (Å²) in [6.07, 6.45) is 0.0838. The Hall–Kier alpha value is -1.17. The van der Waals surface area contributed by atoms with E-state index in [0.717, 1.165) is 11.3 Å². The van der Waals surface area contributed by atoms with E-state index in [0.29, 0.717) is 31.4 Å². The van der Waals surface area contributed by atoms with Crippen molar-refractivity contribution in [1.29, 1.82) is 0 Å². The molecule has 0 aliphatic heterocycles. The van der Waals surface area contributed by atoms with Gasteiger partial charge >= 0.3 is 0 Å². The van der Waals surface area contributed by atoms with Gasteiger partial charge in [-0.3, -0.25) is 0 Å². The van der Waals surface area contributed by atoms with E-state index in [2.05, 4.69) is 0 Å². The van der Waals surface area contributed by atoms with Crippen LogP contribution in [0, 0.1) is 0 Å². The molecule has 106 valence electrons. The third-order valence-corrected chi connectivity index (χ3v) is 2.69. The van der Waals surface area contributed by atoms with Crippen LogP contribution in [-0.2, 0) is 9.47 Å². The molecule has 1 unspecified atom stereocenters. The maximum atomic E-state index is 5.55. The summed E-state index contributed by atoms with van der Waals surface area (Å²) in [5.41, 5.74) is 6.35. The van der Waals surface area contributed by atoms with Crippen LogP contribution >= 0.6 is 12.2 Å². The van der Waals surface area contributed by atoms with Crippen LogP contribution in [0.1, 0.15) is 19.4 Å². The van der Waals surface area contributed by atoms with E-state index in [1.54, 1.807) is 0 Å². The Morgan fingerprint density at radius 3 is 2.53 bits per heavy atom. The van der Waals surface area contributed by atoms with E-state index in [-0.39, 0.29) is 6.10 Å². The molecule has 0 amide bonds. The van der Waals surface area contributed by atoms with Gasteiger partial charge in [-0.2, -0.15) is 0 Å². The Balaban J connectivity index is 2.20. The molecule has 1 atom stereocenters. The van der Waals surface area contributed by atoms with E-state index >= 15 is 0 Å². The average Bonchev–Trinajstić information content (AvgIpc) is 2.41. The van der Waals surface area contributed by atoms with Gasteiger partial charge in [-0.25, -0.2) is 0 Å². The fourth-order valence-electron chi connectivity index (χ4n) is 1.46. The van der Waals surface area contributed by atoms with E-state index in [1.165, 1.54) is 0 Å². The van der Waals surface area contributed by atoms with Gasteiger partial charge in [0.05, 0.1) is 19.3 Å². The van der Waals surface area contributed by atoms with Crippen molar-refractivity contribution < 1.29 is 14.2 Å². The number of hydrogen-bond acceptors (Lipinski definition) is 4. The minimum absolute atomic E-state index is 0.0838. The van der Waals surface area contributed by atoms with E-state index in [4.69, 9.17) is 32.2 Å². The second-order valence-corrected chi connectivity index (χ2v) is 4.52. The molecule has 2 N–H and O–H groups in total. The second-order valence-electron chi connectivity index (χ2n) is 4.08. The number of rotatable bonds is 9.